The first-order chi connectivity index (χ1) is 11.6. The van der Waals surface area contributed by atoms with Gasteiger partial charge in [0.2, 0.25) is 5.91 Å². The molecule has 0 radical (unpaired) electrons. The normalized spacial score (nSPS) is 18.1. The topological polar surface area (TPSA) is 51.0 Å². The van der Waals surface area contributed by atoms with Crippen LogP contribution >= 0.6 is 11.3 Å². The highest BCUT2D eigenvalue weighted by Crippen LogP contribution is 2.23. The zero-order valence-electron chi connectivity index (χ0n) is 14.6. The van der Waals surface area contributed by atoms with Crippen LogP contribution in [-0.2, 0) is 17.8 Å². The van der Waals surface area contributed by atoms with Gasteiger partial charge in [0.25, 0.3) is 0 Å². The Morgan fingerprint density at radius 3 is 2.92 bits per heavy atom. The molecule has 0 unspecified atom stereocenters. The lowest BCUT2D eigenvalue weighted by Gasteiger charge is -2.36. The van der Waals surface area contributed by atoms with Gasteiger partial charge in [-0.1, -0.05) is 0 Å². The molecule has 3 rings (SSSR count). The van der Waals surface area contributed by atoms with Crippen molar-refractivity contribution in [3.63, 3.8) is 0 Å². The number of carbonyl (C=O) groups is 1. The van der Waals surface area contributed by atoms with E-state index in [2.05, 4.69) is 19.4 Å². The maximum absolute atomic E-state index is 12.7. The molecular weight excluding hydrogens is 320 g/mol. The number of imidazole rings is 1. The zero-order valence-corrected chi connectivity index (χ0v) is 15.4. The molecule has 1 aliphatic heterocycles. The Kier molecular flexibility index (Phi) is 5.66. The van der Waals surface area contributed by atoms with Gasteiger partial charge in [0.05, 0.1) is 11.2 Å². The quantitative estimate of drug-likeness (QED) is 0.806. The molecule has 130 valence electrons. The summed E-state index contributed by atoms with van der Waals surface area (Å²) in [5.74, 6) is 1.35. The first kappa shape index (κ1) is 17.1. The fourth-order valence-electron chi connectivity index (χ4n) is 3.49. The van der Waals surface area contributed by atoms with Gasteiger partial charge in [0.15, 0.2) is 0 Å². The fourth-order valence-corrected chi connectivity index (χ4v) is 4.27. The summed E-state index contributed by atoms with van der Waals surface area (Å²) in [7, 11) is 0. The highest BCUT2D eigenvalue weighted by atomic mass is 32.1. The van der Waals surface area contributed by atoms with Gasteiger partial charge in [-0.05, 0) is 46.0 Å². The Labute approximate surface area is 147 Å². The van der Waals surface area contributed by atoms with Gasteiger partial charge in [-0.3, -0.25) is 4.79 Å². The van der Waals surface area contributed by atoms with Crippen LogP contribution in [0, 0.1) is 13.8 Å². The van der Waals surface area contributed by atoms with Crippen LogP contribution in [0.2, 0.25) is 0 Å². The van der Waals surface area contributed by atoms with E-state index in [0.717, 1.165) is 50.3 Å². The number of likely N-dealkylation sites (tertiary alicyclic amines) is 1. The van der Waals surface area contributed by atoms with Crippen LogP contribution in [0.15, 0.2) is 17.9 Å². The maximum atomic E-state index is 12.7. The van der Waals surface area contributed by atoms with Crippen LogP contribution in [-0.4, -0.2) is 37.9 Å². The maximum Gasteiger partial charge on any atom is 0.223 e. The average Bonchev–Trinajstić information content (AvgIpc) is 3.19. The van der Waals surface area contributed by atoms with E-state index >= 15 is 0 Å². The van der Waals surface area contributed by atoms with E-state index in [0.29, 0.717) is 18.4 Å². The molecular formula is C18H26N4OS. The molecule has 3 heterocycles. The van der Waals surface area contributed by atoms with E-state index in [1.165, 1.54) is 11.3 Å². The summed E-state index contributed by atoms with van der Waals surface area (Å²) >= 11 is 1.66. The number of piperidine rings is 1. The molecule has 1 aliphatic rings. The number of aromatic nitrogens is 3. The Morgan fingerprint density at radius 1 is 1.33 bits per heavy atom. The molecule has 0 saturated carbocycles. The van der Waals surface area contributed by atoms with Gasteiger partial charge >= 0.3 is 0 Å². The number of rotatable bonds is 6. The van der Waals surface area contributed by atoms with Crippen LogP contribution in [0.3, 0.4) is 0 Å². The lowest BCUT2D eigenvalue weighted by molar-refractivity contribution is -0.135. The van der Waals surface area contributed by atoms with Crippen molar-refractivity contribution in [3.05, 3.63) is 34.3 Å². The van der Waals surface area contributed by atoms with Crippen molar-refractivity contribution in [2.24, 2.45) is 0 Å². The van der Waals surface area contributed by atoms with Gasteiger partial charge in [0, 0.05) is 42.8 Å². The molecule has 1 fully saturated rings. The third kappa shape index (κ3) is 4.04. The molecule has 24 heavy (non-hydrogen) atoms. The largest absolute Gasteiger partial charge is 0.340 e. The van der Waals surface area contributed by atoms with Crippen molar-refractivity contribution in [1.29, 1.82) is 0 Å². The fraction of sp³-hybridized carbons (Fsp3) is 0.611. The van der Waals surface area contributed by atoms with E-state index < -0.39 is 0 Å². The summed E-state index contributed by atoms with van der Waals surface area (Å²) in [6.45, 7) is 5.90. The van der Waals surface area contributed by atoms with Gasteiger partial charge in [-0.2, -0.15) is 0 Å². The molecule has 0 N–H and O–H groups in total. The Morgan fingerprint density at radius 2 is 2.21 bits per heavy atom. The standard InChI is InChI=1S/C18H26N4OS/c1-14-17(24-13-20-14)6-7-18(23)22-10-4-3-5-16(22)8-11-21-12-9-19-15(21)2/h9,12-13,16H,3-8,10-11H2,1-2H3/t16-/m1/s1. The summed E-state index contributed by atoms with van der Waals surface area (Å²) < 4.78 is 2.18. The van der Waals surface area contributed by atoms with Gasteiger partial charge < -0.3 is 9.47 Å². The molecule has 6 heteroatoms. The number of amides is 1. The van der Waals surface area contributed by atoms with E-state index in [-0.39, 0.29) is 0 Å². The summed E-state index contributed by atoms with van der Waals surface area (Å²) in [6, 6.07) is 0.371. The number of aryl methyl sites for hydroxylation is 4. The second kappa shape index (κ2) is 7.92. The van der Waals surface area contributed by atoms with E-state index in [1.807, 2.05) is 31.8 Å². The minimum atomic E-state index is 0.301. The van der Waals surface area contributed by atoms with Crippen molar-refractivity contribution in [2.45, 2.75) is 65.0 Å². The number of hydrogen-bond acceptors (Lipinski definition) is 4. The van der Waals surface area contributed by atoms with E-state index in [9.17, 15) is 4.79 Å². The molecule has 2 aromatic heterocycles. The molecule has 1 amide bonds. The van der Waals surface area contributed by atoms with E-state index in [1.54, 1.807) is 11.3 Å². The molecule has 5 nitrogen and oxygen atoms in total. The van der Waals surface area contributed by atoms with Crippen molar-refractivity contribution in [2.75, 3.05) is 6.54 Å². The summed E-state index contributed by atoms with van der Waals surface area (Å²) in [5, 5.41) is 0. The molecule has 2 aromatic rings. The summed E-state index contributed by atoms with van der Waals surface area (Å²) in [4.78, 5) is 24.7. The smallest absolute Gasteiger partial charge is 0.223 e. The van der Waals surface area contributed by atoms with Crippen molar-refractivity contribution in [1.82, 2.24) is 19.4 Å². The second-order valence-corrected chi connectivity index (χ2v) is 7.49. The monoisotopic (exact) mass is 346 g/mol. The summed E-state index contributed by atoms with van der Waals surface area (Å²) in [5.41, 5.74) is 2.94. The van der Waals surface area contributed by atoms with Crippen LogP contribution in [0.5, 0.6) is 0 Å². The SMILES string of the molecule is Cc1ncsc1CCC(=O)N1CCCC[C@@H]1CCn1ccnc1C. The number of hydrogen-bond donors (Lipinski definition) is 0. The second-order valence-electron chi connectivity index (χ2n) is 6.55. The predicted molar refractivity (Wildman–Crippen MR) is 96.1 cm³/mol. The molecule has 0 aliphatic carbocycles. The lowest BCUT2D eigenvalue weighted by atomic mass is 9.98. The third-order valence-electron chi connectivity index (χ3n) is 4.99. The molecule has 0 bridgehead atoms. The highest BCUT2D eigenvalue weighted by Gasteiger charge is 2.26. The van der Waals surface area contributed by atoms with Crippen LogP contribution in [0.4, 0.5) is 0 Å². The number of nitrogens with zero attached hydrogens (tertiary/aromatic N) is 4. The molecule has 1 saturated heterocycles. The first-order valence-corrected chi connectivity index (χ1v) is 9.69. The Hall–Kier alpha value is -1.69. The van der Waals surface area contributed by atoms with Gasteiger partial charge in [-0.15, -0.1) is 11.3 Å². The highest BCUT2D eigenvalue weighted by molar-refractivity contribution is 7.09. The van der Waals surface area contributed by atoms with E-state index in [4.69, 9.17) is 0 Å². The average molecular weight is 347 g/mol. The third-order valence-corrected chi connectivity index (χ3v) is 5.98. The van der Waals surface area contributed by atoms with Gasteiger partial charge in [-0.25, -0.2) is 9.97 Å². The van der Waals surface area contributed by atoms with Crippen LogP contribution < -0.4 is 0 Å². The van der Waals surface area contributed by atoms with Crippen molar-refractivity contribution >= 4 is 17.2 Å². The van der Waals surface area contributed by atoms with Crippen LogP contribution in [0.1, 0.15) is 48.5 Å². The first-order valence-electron chi connectivity index (χ1n) is 8.81. The zero-order chi connectivity index (χ0) is 16.9. The molecule has 1 atom stereocenters. The molecule has 0 spiro atoms. The number of thiazole rings is 1. The van der Waals surface area contributed by atoms with Gasteiger partial charge in [0.1, 0.15) is 5.82 Å². The minimum absolute atomic E-state index is 0.301. The van der Waals surface area contributed by atoms with Crippen molar-refractivity contribution < 1.29 is 4.79 Å². The summed E-state index contributed by atoms with van der Waals surface area (Å²) in [6.07, 6.45) is 9.79. The Bertz CT molecular complexity index is 678. The minimum Gasteiger partial charge on any atom is -0.340 e. The predicted octanol–water partition coefficient (Wildman–Crippen LogP) is 3.36. The van der Waals surface area contributed by atoms with Crippen molar-refractivity contribution in [3.8, 4) is 0 Å². The lowest BCUT2D eigenvalue weighted by Crippen LogP contribution is -2.44. The molecule has 0 aromatic carbocycles. The Balaban J connectivity index is 1.56. The number of carbonyl (C=O) groups excluding carboxylic acids is 1. The van der Waals surface area contributed by atoms with Crippen LogP contribution in [0.25, 0.3) is 0 Å².